The van der Waals surface area contributed by atoms with Crippen LogP contribution in [0.4, 0.5) is 0 Å². The van der Waals surface area contributed by atoms with Crippen molar-refractivity contribution in [3.8, 4) is 11.5 Å². The van der Waals surface area contributed by atoms with Gasteiger partial charge in [0.15, 0.2) is 11.5 Å². The summed E-state index contributed by atoms with van der Waals surface area (Å²) in [4.78, 5) is 0. The van der Waals surface area contributed by atoms with Crippen molar-refractivity contribution in [3.05, 3.63) is 22.2 Å². The van der Waals surface area contributed by atoms with Crippen molar-refractivity contribution >= 4 is 28.3 Å². The van der Waals surface area contributed by atoms with Crippen LogP contribution in [-0.4, -0.2) is 25.4 Å². The molecule has 0 aliphatic rings. The molecule has 0 bridgehead atoms. The molecule has 0 heterocycles. The summed E-state index contributed by atoms with van der Waals surface area (Å²) in [5, 5.41) is 10.1. The van der Waals surface area contributed by atoms with Crippen molar-refractivity contribution in [2.75, 3.05) is 14.2 Å². The second-order valence-corrected chi connectivity index (χ2v) is 5.32. The zero-order chi connectivity index (χ0) is 14.4. The SMILES string of the molecule is CCCC[C@H](O)[C@H](N)c1cc(OC)c(OC)cc1Br.Cl. The van der Waals surface area contributed by atoms with Crippen LogP contribution in [0.5, 0.6) is 11.5 Å². The number of rotatable bonds is 7. The van der Waals surface area contributed by atoms with E-state index in [1.807, 2.05) is 6.07 Å². The van der Waals surface area contributed by atoms with E-state index in [4.69, 9.17) is 15.2 Å². The molecule has 2 atom stereocenters. The van der Waals surface area contributed by atoms with Crippen molar-refractivity contribution < 1.29 is 14.6 Å². The fraction of sp³-hybridized carbons (Fsp3) is 0.571. The van der Waals surface area contributed by atoms with Gasteiger partial charge in [-0.15, -0.1) is 12.4 Å². The highest BCUT2D eigenvalue weighted by atomic mass is 79.9. The Kier molecular flexibility index (Phi) is 9.22. The van der Waals surface area contributed by atoms with Gasteiger partial charge in [-0.05, 0) is 24.1 Å². The van der Waals surface area contributed by atoms with E-state index in [0.29, 0.717) is 17.9 Å². The maximum atomic E-state index is 10.1. The molecule has 0 fully saturated rings. The number of nitrogens with two attached hydrogens (primary N) is 1. The van der Waals surface area contributed by atoms with Crippen molar-refractivity contribution in [3.63, 3.8) is 0 Å². The van der Waals surface area contributed by atoms with Gasteiger partial charge in [0, 0.05) is 4.47 Å². The summed E-state index contributed by atoms with van der Waals surface area (Å²) in [6.07, 6.45) is 2.13. The van der Waals surface area contributed by atoms with Crippen LogP contribution in [0.2, 0.25) is 0 Å². The molecule has 1 aromatic carbocycles. The second kappa shape index (κ2) is 9.45. The van der Waals surface area contributed by atoms with Gasteiger partial charge in [-0.3, -0.25) is 0 Å². The summed E-state index contributed by atoms with van der Waals surface area (Å²) in [5.41, 5.74) is 6.94. The number of aliphatic hydroxyl groups excluding tert-OH is 1. The zero-order valence-corrected chi connectivity index (χ0v) is 14.5. The van der Waals surface area contributed by atoms with Gasteiger partial charge in [0.25, 0.3) is 0 Å². The molecule has 0 aliphatic heterocycles. The maximum Gasteiger partial charge on any atom is 0.161 e. The number of aliphatic hydroxyl groups is 1. The van der Waals surface area contributed by atoms with Crippen molar-refractivity contribution in [1.29, 1.82) is 0 Å². The van der Waals surface area contributed by atoms with Crippen LogP contribution in [0, 0.1) is 0 Å². The van der Waals surface area contributed by atoms with Gasteiger partial charge in [-0.25, -0.2) is 0 Å². The first-order valence-corrected chi connectivity index (χ1v) is 7.19. The summed E-state index contributed by atoms with van der Waals surface area (Å²) in [6.45, 7) is 2.09. The summed E-state index contributed by atoms with van der Waals surface area (Å²) in [7, 11) is 3.16. The minimum absolute atomic E-state index is 0. The molecule has 0 saturated carbocycles. The summed E-state index contributed by atoms with van der Waals surface area (Å²) < 4.78 is 11.3. The zero-order valence-electron chi connectivity index (χ0n) is 12.1. The number of unbranched alkanes of at least 4 members (excludes halogenated alkanes) is 1. The molecule has 116 valence electrons. The third-order valence-electron chi connectivity index (χ3n) is 3.13. The van der Waals surface area contributed by atoms with Gasteiger partial charge < -0.3 is 20.3 Å². The fourth-order valence-electron chi connectivity index (χ4n) is 1.93. The van der Waals surface area contributed by atoms with Gasteiger partial charge in [0.1, 0.15) is 0 Å². The van der Waals surface area contributed by atoms with E-state index in [1.54, 1.807) is 20.3 Å². The number of hydrogen-bond donors (Lipinski definition) is 2. The van der Waals surface area contributed by atoms with E-state index in [2.05, 4.69) is 22.9 Å². The fourth-order valence-corrected chi connectivity index (χ4v) is 2.51. The Morgan fingerprint density at radius 3 is 2.30 bits per heavy atom. The lowest BCUT2D eigenvalue weighted by atomic mass is 9.98. The highest BCUT2D eigenvalue weighted by Crippen LogP contribution is 2.36. The van der Waals surface area contributed by atoms with Gasteiger partial charge in [0.05, 0.1) is 26.4 Å². The Morgan fingerprint density at radius 1 is 1.25 bits per heavy atom. The predicted molar refractivity (Wildman–Crippen MR) is 87.0 cm³/mol. The quantitative estimate of drug-likeness (QED) is 0.774. The summed E-state index contributed by atoms with van der Waals surface area (Å²) in [6, 6.07) is 3.17. The Labute approximate surface area is 135 Å². The summed E-state index contributed by atoms with van der Waals surface area (Å²) >= 11 is 3.46. The molecule has 0 aromatic heterocycles. The molecule has 0 spiro atoms. The molecular weight excluding hydrogens is 346 g/mol. The molecule has 0 saturated heterocycles. The molecular formula is C14H23BrClNO3. The van der Waals surface area contributed by atoms with Crippen LogP contribution in [0.15, 0.2) is 16.6 Å². The van der Waals surface area contributed by atoms with E-state index in [0.717, 1.165) is 22.9 Å². The van der Waals surface area contributed by atoms with Crippen LogP contribution in [0.25, 0.3) is 0 Å². The van der Waals surface area contributed by atoms with Gasteiger partial charge in [-0.2, -0.15) is 0 Å². The molecule has 6 heteroatoms. The standard InChI is InChI=1S/C14H22BrNO3.ClH/c1-4-5-6-11(17)14(16)9-7-12(18-2)13(19-3)8-10(9)15;/h7-8,11,14,17H,4-6,16H2,1-3H3;1H/t11-,14+;/m0./s1. The Hall–Kier alpha value is -0.490. The Balaban J connectivity index is 0.00000361. The number of hydrogen-bond acceptors (Lipinski definition) is 4. The predicted octanol–water partition coefficient (Wildman–Crippen LogP) is 3.44. The number of ether oxygens (including phenoxy) is 2. The number of methoxy groups -OCH3 is 2. The van der Waals surface area contributed by atoms with Crippen molar-refractivity contribution in [2.45, 2.75) is 38.3 Å². The molecule has 4 nitrogen and oxygen atoms in total. The van der Waals surface area contributed by atoms with E-state index >= 15 is 0 Å². The highest BCUT2D eigenvalue weighted by Gasteiger charge is 2.21. The highest BCUT2D eigenvalue weighted by molar-refractivity contribution is 9.10. The molecule has 0 radical (unpaired) electrons. The van der Waals surface area contributed by atoms with Crippen LogP contribution in [0.1, 0.15) is 37.8 Å². The average molecular weight is 369 g/mol. The molecule has 20 heavy (non-hydrogen) atoms. The van der Waals surface area contributed by atoms with Crippen LogP contribution in [-0.2, 0) is 0 Å². The maximum absolute atomic E-state index is 10.1. The Bertz CT molecular complexity index is 418. The van der Waals surface area contributed by atoms with Crippen LogP contribution < -0.4 is 15.2 Å². The van der Waals surface area contributed by atoms with E-state index in [1.165, 1.54) is 0 Å². The van der Waals surface area contributed by atoms with E-state index in [-0.39, 0.29) is 12.4 Å². The second-order valence-electron chi connectivity index (χ2n) is 4.46. The van der Waals surface area contributed by atoms with Gasteiger partial charge in [0.2, 0.25) is 0 Å². The molecule has 0 amide bonds. The van der Waals surface area contributed by atoms with Gasteiger partial charge in [-0.1, -0.05) is 35.7 Å². The molecule has 1 rings (SSSR count). The van der Waals surface area contributed by atoms with Gasteiger partial charge >= 0.3 is 0 Å². The molecule has 1 aromatic rings. The third kappa shape index (κ3) is 4.81. The molecule has 0 aliphatic carbocycles. The monoisotopic (exact) mass is 367 g/mol. The first kappa shape index (κ1) is 19.5. The van der Waals surface area contributed by atoms with Crippen LogP contribution >= 0.6 is 28.3 Å². The Morgan fingerprint density at radius 2 is 1.80 bits per heavy atom. The topological polar surface area (TPSA) is 64.7 Å². The molecule has 0 unspecified atom stereocenters. The largest absolute Gasteiger partial charge is 0.493 e. The summed E-state index contributed by atoms with van der Waals surface area (Å²) in [5.74, 6) is 1.24. The minimum Gasteiger partial charge on any atom is -0.493 e. The van der Waals surface area contributed by atoms with Crippen LogP contribution in [0.3, 0.4) is 0 Å². The number of halogens is 2. The first-order chi connectivity index (χ1) is 9.04. The lowest BCUT2D eigenvalue weighted by Crippen LogP contribution is -2.26. The van der Waals surface area contributed by atoms with E-state index in [9.17, 15) is 5.11 Å². The smallest absolute Gasteiger partial charge is 0.161 e. The minimum atomic E-state index is -0.561. The third-order valence-corrected chi connectivity index (χ3v) is 3.82. The normalized spacial score (nSPS) is 13.3. The number of benzene rings is 1. The lowest BCUT2D eigenvalue weighted by Gasteiger charge is -2.21. The van der Waals surface area contributed by atoms with Crippen molar-refractivity contribution in [2.24, 2.45) is 5.73 Å². The average Bonchev–Trinajstić information content (AvgIpc) is 2.43. The van der Waals surface area contributed by atoms with E-state index < -0.39 is 12.1 Å². The van der Waals surface area contributed by atoms with Crippen molar-refractivity contribution in [1.82, 2.24) is 0 Å². The first-order valence-electron chi connectivity index (χ1n) is 6.40. The molecule has 3 N–H and O–H groups in total. The lowest BCUT2D eigenvalue weighted by molar-refractivity contribution is 0.132.